The van der Waals surface area contributed by atoms with Crippen LogP contribution in [0.25, 0.3) is 21.8 Å². The second-order valence-corrected chi connectivity index (χ2v) is 7.13. The van der Waals surface area contributed by atoms with Gasteiger partial charge in [-0.15, -0.1) is 0 Å². The maximum absolute atomic E-state index is 11.8. The molecular formula is C20H21ClN2O3. The van der Waals surface area contributed by atoms with E-state index < -0.39 is 12.0 Å². The van der Waals surface area contributed by atoms with E-state index >= 15 is 0 Å². The number of hydrogen-bond donors (Lipinski definition) is 2. The standard InChI is InChI=1S/C20H21ClN2O3/c1-11(2)8-18(20(24)25)23-19-14-6-4-12(21)9-17(14)22-16-7-5-13(26-3)10-15(16)19/h4-7,9-11,18H,8H2,1-3H3,(H,22,23)(H,24,25)/t18-/m0/s1. The van der Waals surface area contributed by atoms with Gasteiger partial charge in [0.05, 0.1) is 23.8 Å². The Balaban J connectivity index is 2.24. The summed E-state index contributed by atoms with van der Waals surface area (Å²) >= 11 is 6.12. The summed E-state index contributed by atoms with van der Waals surface area (Å²) in [5, 5.41) is 15.1. The normalized spacial score (nSPS) is 12.5. The number of aliphatic carboxylic acids is 1. The van der Waals surface area contributed by atoms with Gasteiger partial charge in [0.1, 0.15) is 11.8 Å². The molecule has 0 saturated heterocycles. The predicted octanol–water partition coefficient (Wildman–Crippen LogP) is 4.96. The van der Waals surface area contributed by atoms with Crippen molar-refractivity contribution in [3.63, 3.8) is 0 Å². The molecule has 2 aromatic carbocycles. The molecule has 0 aliphatic rings. The Morgan fingerprint density at radius 3 is 2.62 bits per heavy atom. The smallest absolute Gasteiger partial charge is 0.326 e. The van der Waals surface area contributed by atoms with Gasteiger partial charge in [0.25, 0.3) is 0 Å². The van der Waals surface area contributed by atoms with Crippen molar-refractivity contribution >= 4 is 45.1 Å². The number of benzene rings is 2. The summed E-state index contributed by atoms with van der Waals surface area (Å²) in [5.74, 6) is 0.0482. The van der Waals surface area contributed by atoms with Crippen LogP contribution >= 0.6 is 11.6 Å². The van der Waals surface area contributed by atoms with Gasteiger partial charge in [-0.1, -0.05) is 25.4 Å². The first kappa shape index (κ1) is 18.3. The van der Waals surface area contributed by atoms with E-state index in [1.807, 2.05) is 38.1 Å². The number of methoxy groups -OCH3 is 1. The van der Waals surface area contributed by atoms with E-state index in [1.54, 1.807) is 19.2 Å². The molecule has 0 saturated carbocycles. The molecule has 1 atom stereocenters. The summed E-state index contributed by atoms with van der Waals surface area (Å²) in [5.41, 5.74) is 2.19. The fraction of sp³-hybridized carbons (Fsp3) is 0.300. The van der Waals surface area contributed by atoms with Gasteiger partial charge >= 0.3 is 5.97 Å². The number of carboxylic acid groups (broad SMARTS) is 1. The van der Waals surface area contributed by atoms with Crippen molar-refractivity contribution in [1.29, 1.82) is 0 Å². The zero-order chi connectivity index (χ0) is 18.8. The quantitative estimate of drug-likeness (QED) is 0.598. The van der Waals surface area contributed by atoms with Gasteiger partial charge in [0.15, 0.2) is 0 Å². The van der Waals surface area contributed by atoms with Gasteiger partial charge in [-0.3, -0.25) is 0 Å². The molecule has 0 unspecified atom stereocenters. The average Bonchev–Trinajstić information content (AvgIpc) is 2.59. The molecule has 0 amide bonds. The molecule has 136 valence electrons. The number of rotatable bonds is 6. The van der Waals surface area contributed by atoms with Gasteiger partial charge in [-0.05, 0) is 48.7 Å². The number of anilines is 1. The van der Waals surface area contributed by atoms with Crippen LogP contribution < -0.4 is 10.1 Å². The summed E-state index contributed by atoms with van der Waals surface area (Å²) in [7, 11) is 1.60. The molecule has 26 heavy (non-hydrogen) atoms. The van der Waals surface area contributed by atoms with Crippen molar-refractivity contribution in [3.8, 4) is 5.75 Å². The third kappa shape index (κ3) is 3.68. The molecule has 0 aliphatic carbocycles. The van der Waals surface area contributed by atoms with Crippen molar-refractivity contribution in [2.75, 3.05) is 12.4 Å². The highest BCUT2D eigenvalue weighted by molar-refractivity contribution is 6.31. The Morgan fingerprint density at radius 1 is 1.19 bits per heavy atom. The second kappa shape index (κ2) is 7.38. The Kier molecular flexibility index (Phi) is 5.18. The Bertz CT molecular complexity index is 972. The number of carboxylic acids is 1. The number of aromatic nitrogens is 1. The van der Waals surface area contributed by atoms with E-state index in [2.05, 4.69) is 10.3 Å². The largest absolute Gasteiger partial charge is 0.497 e. The van der Waals surface area contributed by atoms with Crippen LogP contribution in [0.3, 0.4) is 0 Å². The molecule has 0 radical (unpaired) electrons. The Hall–Kier alpha value is -2.53. The summed E-state index contributed by atoms with van der Waals surface area (Å²) in [6, 6.07) is 10.3. The predicted molar refractivity (Wildman–Crippen MR) is 105 cm³/mol. The number of nitrogens with zero attached hydrogens (tertiary/aromatic N) is 1. The highest BCUT2D eigenvalue weighted by Gasteiger charge is 2.21. The lowest BCUT2D eigenvalue weighted by Gasteiger charge is -2.20. The summed E-state index contributed by atoms with van der Waals surface area (Å²) in [6.07, 6.45) is 0.512. The molecule has 1 heterocycles. The van der Waals surface area contributed by atoms with Gasteiger partial charge in [0.2, 0.25) is 0 Å². The molecule has 5 nitrogen and oxygen atoms in total. The molecule has 0 bridgehead atoms. The number of nitrogens with one attached hydrogen (secondary N) is 1. The molecule has 3 rings (SSSR count). The number of fused-ring (bicyclic) bond motifs is 2. The molecule has 0 aliphatic heterocycles. The summed E-state index contributed by atoms with van der Waals surface area (Å²) in [4.78, 5) is 16.4. The number of hydrogen-bond acceptors (Lipinski definition) is 4. The number of halogens is 1. The maximum atomic E-state index is 11.8. The molecule has 0 fully saturated rings. The first-order valence-corrected chi connectivity index (χ1v) is 8.83. The van der Waals surface area contributed by atoms with Gasteiger partial charge in [0, 0.05) is 15.8 Å². The number of carbonyl (C=O) groups is 1. The minimum atomic E-state index is -0.881. The van der Waals surface area contributed by atoms with Gasteiger partial charge < -0.3 is 15.2 Å². The SMILES string of the molecule is COc1ccc2nc3cc(Cl)ccc3c(N[C@@H](CC(C)C)C(=O)O)c2c1. The van der Waals surface area contributed by atoms with E-state index in [0.717, 1.165) is 22.0 Å². The van der Waals surface area contributed by atoms with Crippen LogP contribution in [-0.2, 0) is 4.79 Å². The second-order valence-electron chi connectivity index (χ2n) is 6.70. The highest BCUT2D eigenvalue weighted by atomic mass is 35.5. The lowest BCUT2D eigenvalue weighted by atomic mass is 10.0. The first-order chi connectivity index (χ1) is 12.4. The fourth-order valence-corrected chi connectivity index (χ4v) is 3.21. The zero-order valence-electron chi connectivity index (χ0n) is 14.9. The van der Waals surface area contributed by atoms with Crippen molar-refractivity contribution in [2.45, 2.75) is 26.3 Å². The maximum Gasteiger partial charge on any atom is 0.326 e. The van der Waals surface area contributed by atoms with Gasteiger partial charge in [-0.2, -0.15) is 0 Å². The number of pyridine rings is 1. The third-order valence-corrected chi connectivity index (χ3v) is 4.50. The molecule has 0 spiro atoms. The summed E-state index contributed by atoms with van der Waals surface area (Å²) in [6.45, 7) is 4.01. The van der Waals surface area contributed by atoms with Crippen LogP contribution in [0.1, 0.15) is 20.3 Å². The lowest BCUT2D eigenvalue weighted by molar-refractivity contribution is -0.138. The minimum Gasteiger partial charge on any atom is -0.497 e. The van der Waals surface area contributed by atoms with Crippen LogP contribution in [0.4, 0.5) is 5.69 Å². The first-order valence-electron chi connectivity index (χ1n) is 8.45. The topological polar surface area (TPSA) is 71.5 Å². The minimum absolute atomic E-state index is 0.243. The number of ether oxygens (including phenoxy) is 1. The Morgan fingerprint density at radius 2 is 1.96 bits per heavy atom. The monoisotopic (exact) mass is 372 g/mol. The highest BCUT2D eigenvalue weighted by Crippen LogP contribution is 2.35. The lowest BCUT2D eigenvalue weighted by Crippen LogP contribution is -2.30. The van der Waals surface area contributed by atoms with Gasteiger partial charge in [-0.25, -0.2) is 9.78 Å². The third-order valence-electron chi connectivity index (χ3n) is 4.27. The van der Waals surface area contributed by atoms with E-state index in [0.29, 0.717) is 22.7 Å². The van der Waals surface area contributed by atoms with Crippen molar-refractivity contribution in [2.24, 2.45) is 5.92 Å². The zero-order valence-corrected chi connectivity index (χ0v) is 15.7. The molecule has 2 N–H and O–H groups in total. The van der Waals surface area contributed by atoms with Crippen LogP contribution in [0.2, 0.25) is 5.02 Å². The van der Waals surface area contributed by atoms with Crippen LogP contribution in [0.15, 0.2) is 36.4 Å². The van der Waals surface area contributed by atoms with E-state index in [-0.39, 0.29) is 5.92 Å². The van der Waals surface area contributed by atoms with Crippen molar-refractivity contribution < 1.29 is 14.6 Å². The molecule has 6 heteroatoms. The van der Waals surface area contributed by atoms with Crippen LogP contribution in [0, 0.1) is 5.92 Å². The van der Waals surface area contributed by atoms with Crippen LogP contribution in [-0.4, -0.2) is 29.2 Å². The van der Waals surface area contributed by atoms with Crippen LogP contribution in [0.5, 0.6) is 5.75 Å². The summed E-state index contributed by atoms with van der Waals surface area (Å²) < 4.78 is 5.33. The van der Waals surface area contributed by atoms with Crippen molar-refractivity contribution in [3.05, 3.63) is 41.4 Å². The van der Waals surface area contributed by atoms with E-state index in [9.17, 15) is 9.90 Å². The fourth-order valence-electron chi connectivity index (χ4n) is 3.05. The average molecular weight is 373 g/mol. The molecular weight excluding hydrogens is 352 g/mol. The molecule has 1 aromatic heterocycles. The molecule has 3 aromatic rings. The van der Waals surface area contributed by atoms with Crippen molar-refractivity contribution in [1.82, 2.24) is 4.98 Å². The Labute approximate surface area is 156 Å². The van der Waals surface area contributed by atoms with E-state index in [1.165, 1.54) is 0 Å². The van der Waals surface area contributed by atoms with E-state index in [4.69, 9.17) is 16.3 Å².